The normalized spacial score (nSPS) is 14.7. The molecule has 10 heteroatoms. The maximum absolute atomic E-state index is 13.1. The number of carboxylic acids is 1. The van der Waals surface area contributed by atoms with Crippen LogP contribution in [0.1, 0.15) is 21.5 Å². The molecule has 1 saturated heterocycles. The number of carbonyl (C=O) groups is 3. The summed E-state index contributed by atoms with van der Waals surface area (Å²) in [6.45, 7) is 0.236. The van der Waals surface area contributed by atoms with Gasteiger partial charge in [0.25, 0.3) is 11.8 Å². The Balaban J connectivity index is 1.52. The molecule has 1 aliphatic rings. The summed E-state index contributed by atoms with van der Waals surface area (Å²) in [4.78, 5) is 37.9. The first-order chi connectivity index (χ1) is 16.7. The lowest BCUT2D eigenvalue weighted by molar-refractivity contribution is -0.122. The Bertz CT molecular complexity index is 1370. The molecule has 2 N–H and O–H groups in total. The SMILES string of the molecule is O=C1NC(=S)N(c2ccc(Br)cc2)C(=O)C1=Cc1ccc(OCc2ccc(C(=O)O)cc2)c(Br)c1. The van der Waals surface area contributed by atoms with Crippen molar-refractivity contribution in [3.05, 3.63) is 97.9 Å². The number of anilines is 1. The van der Waals surface area contributed by atoms with Crippen molar-refractivity contribution in [3.8, 4) is 5.75 Å². The van der Waals surface area contributed by atoms with Gasteiger partial charge >= 0.3 is 5.97 Å². The van der Waals surface area contributed by atoms with Gasteiger partial charge in [-0.25, -0.2) is 4.79 Å². The molecular weight excluding hydrogens is 600 g/mol. The number of hydrogen-bond acceptors (Lipinski definition) is 5. The molecule has 0 bridgehead atoms. The number of halogens is 2. The monoisotopic (exact) mass is 614 g/mol. The molecule has 0 spiro atoms. The predicted octanol–water partition coefficient (Wildman–Crippen LogP) is 5.32. The Kier molecular flexibility index (Phi) is 7.44. The van der Waals surface area contributed by atoms with Crippen LogP contribution in [-0.2, 0) is 16.2 Å². The van der Waals surface area contributed by atoms with Crippen LogP contribution < -0.4 is 15.0 Å². The third kappa shape index (κ3) is 5.67. The smallest absolute Gasteiger partial charge is 0.335 e. The molecule has 1 heterocycles. The highest BCUT2D eigenvalue weighted by atomic mass is 79.9. The summed E-state index contributed by atoms with van der Waals surface area (Å²) < 4.78 is 7.29. The molecular formula is C25H16Br2N2O5S. The molecule has 0 aromatic heterocycles. The zero-order valence-corrected chi connectivity index (χ0v) is 21.8. The highest BCUT2D eigenvalue weighted by Gasteiger charge is 2.34. The van der Waals surface area contributed by atoms with E-state index in [1.54, 1.807) is 54.6 Å². The van der Waals surface area contributed by atoms with E-state index in [9.17, 15) is 14.4 Å². The van der Waals surface area contributed by atoms with Crippen molar-refractivity contribution in [1.82, 2.24) is 5.32 Å². The second-order valence-corrected chi connectivity index (χ2v) is 9.57. The average Bonchev–Trinajstić information content (AvgIpc) is 2.82. The lowest BCUT2D eigenvalue weighted by Gasteiger charge is -2.29. The quantitative estimate of drug-likeness (QED) is 0.221. The van der Waals surface area contributed by atoms with E-state index < -0.39 is 17.8 Å². The highest BCUT2D eigenvalue weighted by Crippen LogP contribution is 2.29. The van der Waals surface area contributed by atoms with E-state index in [2.05, 4.69) is 37.2 Å². The summed E-state index contributed by atoms with van der Waals surface area (Å²) in [6.07, 6.45) is 1.49. The third-order valence-electron chi connectivity index (χ3n) is 5.05. The van der Waals surface area contributed by atoms with Gasteiger partial charge in [0.2, 0.25) is 0 Å². The Hall–Kier alpha value is -3.34. The molecule has 3 aromatic rings. The largest absolute Gasteiger partial charge is 0.488 e. The van der Waals surface area contributed by atoms with Crippen LogP contribution in [-0.4, -0.2) is 28.0 Å². The molecule has 0 saturated carbocycles. The molecule has 0 radical (unpaired) electrons. The first-order valence-corrected chi connectivity index (χ1v) is 12.1. The summed E-state index contributed by atoms with van der Waals surface area (Å²) in [5.74, 6) is -1.54. The molecule has 0 aliphatic carbocycles. The van der Waals surface area contributed by atoms with Crippen molar-refractivity contribution in [2.45, 2.75) is 6.61 Å². The van der Waals surface area contributed by atoms with Gasteiger partial charge in [-0.15, -0.1) is 0 Å². The molecule has 0 unspecified atom stereocenters. The lowest BCUT2D eigenvalue weighted by Crippen LogP contribution is -2.54. The summed E-state index contributed by atoms with van der Waals surface area (Å²) in [7, 11) is 0. The van der Waals surface area contributed by atoms with Crippen molar-refractivity contribution in [2.24, 2.45) is 0 Å². The van der Waals surface area contributed by atoms with Crippen LogP contribution in [0, 0.1) is 0 Å². The predicted molar refractivity (Wildman–Crippen MR) is 142 cm³/mol. The molecule has 1 aliphatic heterocycles. The number of ether oxygens (including phenoxy) is 1. The van der Waals surface area contributed by atoms with E-state index in [0.29, 0.717) is 21.5 Å². The fourth-order valence-corrected chi connectivity index (χ4v) is 4.33. The average molecular weight is 616 g/mol. The van der Waals surface area contributed by atoms with E-state index in [4.69, 9.17) is 22.1 Å². The molecule has 0 atom stereocenters. The Morgan fingerprint density at radius 3 is 2.34 bits per heavy atom. The molecule has 4 rings (SSSR count). The molecule has 3 aromatic carbocycles. The minimum Gasteiger partial charge on any atom is -0.488 e. The molecule has 176 valence electrons. The number of nitrogens with one attached hydrogen (secondary N) is 1. The highest BCUT2D eigenvalue weighted by molar-refractivity contribution is 9.10. The van der Waals surface area contributed by atoms with E-state index in [0.717, 1.165) is 10.0 Å². The summed E-state index contributed by atoms with van der Waals surface area (Å²) in [5, 5.41) is 11.6. The Morgan fingerprint density at radius 1 is 1.03 bits per heavy atom. The number of amides is 2. The number of carboxylic acid groups (broad SMARTS) is 1. The van der Waals surface area contributed by atoms with Gasteiger partial charge in [0, 0.05) is 4.47 Å². The Morgan fingerprint density at radius 2 is 1.71 bits per heavy atom. The maximum Gasteiger partial charge on any atom is 0.335 e. The zero-order chi connectivity index (χ0) is 25.1. The van der Waals surface area contributed by atoms with E-state index in [1.807, 2.05) is 0 Å². The Labute approximate surface area is 222 Å². The number of aromatic carboxylic acids is 1. The minimum absolute atomic E-state index is 0.0146. The lowest BCUT2D eigenvalue weighted by atomic mass is 10.1. The standard InChI is InChI=1S/C25H16Br2N2O5S/c26-17-6-8-18(9-7-17)29-23(31)19(22(30)28-25(29)35)11-15-3-10-21(20(27)12-15)34-13-14-1-4-16(5-2-14)24(32)33/h1-12H,13H2,(H,32,33)(H,28,30,35). The zero-order valence-electron chi connectivity index (χ0n) is 17.8. The second-order valence-electron chi connectivity index (χ2n) is 7.41. The van der Waals surface area contributed by atoms with Crippen molar-refractivity contribution in [2.75, 3.05) is 4.90 Å². The van der Waals surface area contributed by atoms with Crippen molar-refractivity contribution in [1.29, 1.82) is 0 Å². The van der Waals surface area contributed by atoms with Crippen LogP contribution in [0.15, 0.2) is 81.2 Å². The maximum atomic E-state index is 13.1. The third-order valence-corrected chi connectivity index (χ3v) is 6.48. The summed E-state index contributed by atoms with van der Waals surface area (Å²) >= 11 is 12.0. The van der Waals surface area contributed by atoms with Gasteiger partial charge in [0.1, 0.15) is 17.9 Å². The van der Waals surface area contributed by atoms with Gasteiger partial charge in [0.15, 0.2) is 5.11 Å². The number of rotatable bonds is 6. The van der Waals surface area contributed by atoms with Gasteiger partial charge in [0.05, 0.1) is 15.7 Å². The van der Waals surface area contributed by atoms with Crippen LogP contribution in [0.5, 0.6) is 5.75 Å². The number of carbonyl (C=O) groups excluding carboxylic acids is 2. The van der Waals surface area contributed by atoms with E-state index in [1.165, 1.54) is 23.1 Å². The first-order valence-electron chi connectivity index (χ1n) is 10.1. The number of hydrogen-bond donors (Lipinski definition) is 2. The molecule has 7 nitrogen and oxygen atoms in total. The van der Waals surface area contributed by atoms with Gasteiger partial charge in [-0.1, -0.05) is 34.1 Å². The van der Waals surface area contributed by atoms with Gasteiger partial charge in [-0.2, -0.15) is 0 Å². The van der Waals surface area contributed by atoms with Gasteiger partial charge in [-0.05, 0) is 93.9 Å². The van der Waals surface area contributed by atoms with E-state index >= 15 is 0 Å². The molecule has 35 heavy (non-hydrogen) atoms. The van der Waals surface area contributed by atoms with Gasteiger partial charge in [-0.3, -0.25) is 19.8 Å². The fourth-order valence-electron chi connectivity index (χ4n) is 3.28. The second kappa shape index (κ2) is 10.5. The van der Waals surface area contributed by atoms with Crippen LogP contribution in [0.2, 0.25) is 0 Å². The van der Waals surface area contributed by atoms with Crippen molar-refractivity contribution >= 4 is 78.7 Å². The van der Waals surface area contributed by atoms with Crippen LogP contribution >= 0.6 is 44.1 Å². The van der Waals surface area contributed by atoms with Crippen LogP contribution in [0.25, 0.3) is 6.08 Å². The molecule has 2 amide bonds. The van der Waals surface area contributed by atoms with Crippen molar-refractivity contribution < 1.29 is 24.2 Å². The van der Waals surface area contributed by atoms with E-state index in [-0.39, 0.29) is 22.9 Å². The topological polar surface area (TPSA) is 95.9 Å². The number of thiocarbonyl (C=S) groups is 1. The van der Waals surface area contributed by atoms with Crippen LogP contribution in [0.4, 0.5) is 5.69 Å². The first kappa shape index (κ1) is 24.8. The summed E-state index contributed by atoms with van der Waals surface area (Å²) in [5.41, 5.74) is 2.10. The fraction of sp³-hybridized carbons (Fsp3) is 0.0400. The van der Waals surface area contributed by atoms with Gasteiger partial charge < -0.3 is 9.84 Å². The number of benzene rings is 3. The van der Waals surface area contributed by atoms with Crippen LogP contribution in [0.3, 0.4) is 0 Å². The molecule has 1 fully saturated rings. The minimum atomic E-state index is -0.989. The number of nitrogens with zero attached hydrogens (tertiary/aromatic N) is 1. The summed E-state index contributed by atoms with van der Waals surface area (Å²) in [6, 6.07) is 18.6. The van der Waals surface area contributed by atoms with Crippen molar-refractivity contribution in [3.63, 3.8) is 0 Å².